The lowest BCUT2D eigenvalue weighted by molar-refractivity contribution is -0.143. The monoisotopic (exact) mass is 184 g/mol. The summed E-state index contributed by atoms with van der Waals surface area (Å²) in [5.74, 6) is 0. The van der Waals surface area contributed by atoms with Crippen molar-refractivity contribution < 1.29 is 14.6 Å². The van der Waals surface area contributed by atoms with E-state index in [4.69, 9.17) is 17.3 Å². The largest absolute Gasteiger partial charge is 0.385 e. The van der Waals surface area contributed by atoms with Crippen LogP contribution in [0.1, 0.15) is 27.7 Å². The first-order chi connectivity index (χ1) is 5.69. The minimum atomic E-state index is -1.20. The Hall–Kier alpha value is -0.0551. The van der Waals surface area contributed by atoms with Crippen LogP contribution in [-0.2, 0) is 9.47 Å². The van der Waals surface area contributed by atoms with Gasteiger partial charge in [0, 0.05) is 7.11 Å². The van der Waals surface area contributed by atoms with Crippen molar-refractivity contribution in [2.45, 2.75) is 50.5 Å². The molecule has 1 fully saturated rings. The van der Waals surface area contributed by atoms with Gasteiger partial charge in [0.1, 0.15) is 19.0 Å². The molecular weight excluding hydrogens is 167 g/mol. The standard InChI is InChI=1S/C9H17BO3/c1-6-7(2,12-5)8(3,11)9(4,10)13-6/h6,11H,1-5H3. The Morgan fingerprint density at radius 2 is 1.85 bits per heavy atom. The van der Waals surface area contributed by atoms with Crippen molar-refractivity contribution in [3.05, 3.63) is 0 Å². The van der Waals surface area contributed by atoms with Crippen LogP contribution in [0.2, 0.25) is 0 Å². The summed E-state index contributed by atoms with van der Waals surface area (Å²) >= 11 is 0. The summed E-state index contributed by atoms with van der Waals surface area (Å²) in [4.78, 5) is 0. The maximum Gasteiger partial charge on any atom is 0.121 e. The molecule has 13 heavy (non-hydrogen) atoms. The van der Waals surface area contributed by atoms with Gasteiger partial charge in [-0.3, -0.25) is 0 Å². The van der Waals surface area contributed by atoms with Gasteiger partial charge in [-0.15, -0.1) is 0 Å². The Balaban J connectivity index is 3.13. The van der Waals surface area contributed by atoms with Crippen molar-refractivity contribution >= 4 is 7.85 Å². The summed E-state index contributed by atoms with van der Waals surface area (Å²) in [5.41, 5.74) is -3.04. The maximum atomic E-state index is 10.2. The molecule has 0 spiro atoms. The first-order valence-electron chi connectivity index (χ1n) is 4.43. The van der Waals surface area contributed by atoms with Crippen molar-refractivity contribution in [3.8, 4) is 0 Å². The first-order valence-corrected chi connectivity index (χ1v) is 4.43. The lowest BCUT2D eigenvalue weighted by Crippen LogP contribution is -2.60. The van der Waals surface area contributed by atoms with Crippen molar-refractivity contribution in [3.63, 3.8) is 0 Å². The van der Waals surface area contributed by atoms with Gasteiger partial charge in [0.05, 0.1) is 11.6 Å². The molecule has 0 aliphatic carbocycles. The predicted molar refractivity (Wildman–Crippen MR) is 50.7 cm³/mol. The van der Waals surface area contributed by atoms with Crippen LogP contribution in [0, 0.1) is 0 Å². The Kier molecular flexibility index (Phi) is 2.30. The van der Waals surface area contributed by atoms with E-state index in [0.29, 0.717) is 0 Å². The zero-order valence-corrected chi connectivity index (χ0v) is 8.92. The molecule has 1 aliphatic rings. The molecular formula is C9H17BO3. The molecule has 4 unspecified atom stereocenters. The van der Waals surface area contributed by atoms with E-state index in [1.54, 1.807) is 27.9 Å². The molecule has 0 aromatic carbocycles. The van der Waals surface area contributed by atoms with Gasteiger partial charge < -0.3 is 14.6 Å². The molecule has 3 nitrogen and oxygen atoms in total. The van der Waals surface area contributed by atoms with Gasteiger partial charge in [0.15, 0.2) is 0 Å². The van der Waals surface area contributed by atoms with E-state index >= 15 is 0 Å². The molecule has 74 valence electrons. The third-order valence-corrected chi connectivity index (χ3v) is 3.55. The van der Waals surface area contributed by atoms with E-state index < -0.39 is 16.7 Å². The normalized spacial score (nSPS) is 56.9. The molecule has 0 saturated carbocycles. The Bertz CT molecular complexity index is 212. The molecule has 4 atom stereocenters. The van der Waals surface area contributed by atoms with Gasteiger partial charge in [0.2, 0.25) is 0 Å². The second-order valence-corrected chi connectivity index (χ2v) is 4.25. The van der Waals surface area contributed by atoms with Crippen LogP contribution in [0.25, 0.3) is 0 Å². The smallest absolute Gasteiger partial charge is 0.121 e. The van der Waals surface area contributed by atoms with Crippen LogP contribution < -0.4 is 0 Å². The topological polar surface area (TPSA) is 38.7 Å². The maximum absolute atomic E-state index is 10.2. The third-order valence-electron chi connectivity index (χ3n) is 3.55. The first kappa shape index (κ1) is 11.0. The van der Waals surface area contributed by atoms with E-state index in [1.165, 1.54) is 0 Å². The summed E-state index contributed by atoms with van der Waals surface area (Å²) in [6.45, 7) is 6.94. The summed E-state index contributed by atoms with van der Waals surface area (Å²) < 4.78 is 10.8. The average Bonchev–Trinajstić information content (AvgIpc) is 2.10. The van der Waals surface area contributed by atoms with Crippen LogP contribution in [0.5, 0.6) is 0 Å². The highest BCUT2D eigenvalue weighted by Gasteiger charge is 2.63. The van der Waals surface area contributed by atoms with E-state index in [9.17, 15) is 5.11 Å². The Labute approximate surface area is 80.8 Å². The summed E-state index contributed by atoms with van der Waals surface area (Å²) in [7, 11) is 7.40. The minimum absolute atomic E-state index is 0.234. The lowest BCUT2D eigenvalue weighted by atomic mass is 9.65. The zero-order chi connectivity index (χ0) is 10.5. The van der Waals surface area contributed by atoms with Crippen molar-refractivity contribution in [1.82, 2.24) is 0 Å². The van der Waals surface area contributed by atoms with E-state index in [0.717, 1.165) is 0 Å². The lowest BCUT2D eigenvalue weighted by Gasteiger charge is -2.41. The highest BCUT2D eigenvalue weighted by Crippen LogP contribution is 2.46. The Morgan fingerprint density at radius 3 is 2.00 bits per heavy atom. The van der Waals surface area contributed by atoms with Gasteiger partial charge >= 0.3 is 0 Å². The third kappa shape index (κ3) is 1.16. The van der Waals surface area contributed by atoms with Crippen molar-refractivity contribution in [1.29, 1.82) is 0 Å². The van der Waals surface area contributed by atoms with Crippen LogP contribution >= 0.6 is 0 Å². The number of hydrogen-bond acceptors (Lipinski definition) is 3. The fraction of sp³-hybridized carbons (Fsp3) is 1.00. The molecule has 2 radical (unpaired) electrons. The number of aliphatic hydroxyl groups is 1. The van der Waals surface area contributed by atoms with Gasteiger partial charge in [0.25, 0.3) is 0 Å². The second-order valence-electron chi connectivity index (χ2n) is 4.25. The van der Waals surface area contributed by atoms with Gasteiger partial charge in [-0.1, -0.05) is 0 Å². The molecule has 0 aromatic heterocycles. The molecule has 1 saturated heterocycles. The van der Waals surface area contributed by atoms with Crippen LogP contribution in [0.4, 0.5) is 0 Å². The minimum Gasteiger partial charge on any atom is -0.385 e. The van der Waals surface area contributed by atoms with E-state index in [2.05, 4.69) is 0 Å². The molecule has 1 heterocycles. The molecule has 1 rings (SSSR count). The summed E-state index contributed by atoms with van der Waals surface area (Å²) in [5, 5.41) is 10.2. The number of rotatable bonds is 1. The molecule has 1 N–H and O–H groups in total. The van der Waals surface area contributed by atoms with Crippen LogP contribution in [0.15, 0.2) is 0 Å². The molecule has 0 bridgehead atoms. The summed E-state index contributed by atoms with van der Waals surface area (Å²) in [6, 6.07) is 0. The van der Waals surface area contributed by atoms with Crippen LogP contribution in [0.3, 0.4) is 0 Å². The zero-order valence-electron chi connectivity index (χ0n) is 8.92. The Morgan fingerprint density at radius 1 is 1.38 bits per heavy atom. The number of hydrogen-bond donors (Lipinski definition) is 1. The average molecular weight is 184 g/mol. The second kappa shape index (κ2) is 2.72. The van der Waals surface area contributed by atoms with Gasteiger partial charge in [-0.25, -0.2) is 0 Å². The van der Waals surface area contributed by atoms with Crippen molar-refractivity contribution in [2.24, 2.45) is 0 Å². The quantitative estimate of drug-likeness (QED) is 0.601. The van der Waals surface area contributed by atoms with Crippen molar-refractivity contribution in [2.75, 3.05) is 7.11 Å². The highest BCUT2D eigenvalue weighted by atomic mass is 16.6. The molecule has 0 amide bonds. The fourth-order valence-electron chi connectivity index (χ4n) is 1.85. The number of methoxy groups -OCH3 is 1. The van der Waals surface area contributed by atoms with Gasteiger partial charge in [-0.2, -0.15) is 0 Å². The van der Waals surface area contributed by atoms with Crippen LogP contribution in [-0.4, -0.2) is 42.9 Å². The highest BCUT2D eigenvalue weighted by molar-refractivity contribution is 6.15. The predicted octanol–water partition coefficient (Wildman–Crippen LogP) is 0.446. The molecule has 4 heteroatoms. The number of ether oxygens (including phenoxy) is 2. The van der Waals surface area contributed by atoms with E-state index in [1.807, 2.05) is 6.92 Å². The SMILES string of the molecule is [B]C1(C)OC(C)C(C)(OC)C1(C)O. The fourth-order valence-corrected chi connectivity index (χ4v) is 1.85. The molecule has 0 aromatic rings. The van der Waals surface area contributed by atoms with Gasteiger partial charge in [-0.05, 0) is 27.7 Å². The van der Waals surface area contributed by atoms with E-state index in [-0.39, 0.29) is 6.10 Å². The summed E-state index contributed by atoms with van der Waals surface area (Å²) in [6.07, 6.45) is -0.234. The molecule has 1 aliphatic heterocycles.